The Labute approximate surface area is 129 Å². The number of aryl methyl sites for hydroxylation is 2. The number of hydrogen-bond donors (Lipinski definition) is 0. The molecule has 0 aliphatic rings. The number of rotatable bonds is 2. The van der Waals surface area contributed by atoms with Gasteiger partial charge in [-0.15, -0.1) is 0 Å². The van der Waals surface area contributed by atoms with E-state index in [0.717, 1.165) is 16.9 Å². The van der Waals surface area contributed by atoms with E-state index in [1.165, 1.54) is 27.2 Å². The first kappa shape index (κ1) is 13.0. The van der Waals surface area contributed by atoms with E-state index in [4.69, 9.17) is 4.42 Å². The molecule has 108 valence electrons. The number of benzene rings is 2. The molecule has 2 nitrogen and oxygen atoms in total. The Hall–Kier alpha value is -2.74. The van der Waals surface area contributed by atoms with Crippen molar-refractivity contribution in [2.24, 2.45) is 7.05 Å². The molecule has 0 saturated carbocycles. The fraction of sp³-hybridized carbons (Fsp3) is 0.100. The zero-order valence-corrected chi connectivity index (χ0v) is 12.8. The second kappa shape index (κ2) is 4.63. The van der Waals surface area contributed by atoms with E-state index < -0.39 is 0 Å². The van der Waals surface area contributed by atoms with Crippen molar-refractivity contribution in [1.29, 1.82) is 0 Å². The van der Waals surface area contributed by atoms with Crippen LogP contribution in [0, 0.1) is 6.92 Å². The predicted molar refractivity (Wildman–Crippen MR) is 94.2 cm³/mol. The van der Waals surface area contributed by atoms with Crippen molar-refractivity contribution in [3.8, 4) is 0 Å². The Morgan fingerprint density at radius 3 is 2.64 bits per heavy atom. The zero-order chi connectivity index (χ0) is 15.3. The van der Waals surface area contributed by atoms with Crippen molar-refractivity contribution in [3.63, 3.8) is 0 Å². The second-order valence-electron chi connectivity index (χ2n) is 5.60. The van der Waals surface area contributed by atoms with E-state index >= 15 is 0 Å². The van der Waals surface area contributed by atoms with E-state index in [1.807, 2.05) is 12.2 Å². The summed E-state index contributed by atoms with van der Waals surface area (Å²) in [5.41, 5.74) is 4.50. The number of para-hydroxylation sites is 1. The fourth-order valence-electron chi connectivity index (χ4n) is 3.27. The van der Waals surface area contributed by atoms with E-state index in [2.05, 4.69) is 61.5 Å². The number of aromatic nitrogens is 1. The summed E-state index contributed by atoms with van der Waals surface area (Å²) in [5.74, 6) is 0.896. The molecule has 0 spiro atoms. The summed E-state index contributed by atoms with van der Waals surface area (Å²) in [5, 5.41) is 3.67. The van der Waals surface area contributed by atoms with Gasteiger partial charge in [-0.05, 0) is 19.1 Å². The molecule has 0 fully saturated rings. The zero-order valence-electron chi connectivity index (χ0n) is 12.8. The third-order valence-electron chi connectivity index (χ3n) is 4.39. The molecular weight excluding hydrogens is 270 g/mol. The minimum Gasteiger partial charge on any atom is -0.454 e. The average molecular weight is 287 g/mol. The van der Waals surface area contributed by atoms with E-state index in [0.29, 0.717) is 0 Å². The summed E-state index contributed by atoms with van der Waals surface area (Å²) in [6.07, 6.45) is 5.64. The molecule has 0 radical (unpaired) electrons. The molecule has 0 atom stereocenters. The van der Waals surface area contributed by atoms with Crippen LogP contribution in [0.2, 0.25) is 0 Å². The van der Waals surface area contributed by atoms with Gasteiger partial charge in [0.1, 0.15) is 5.76 Å². The highest BCUT2D eigenvalue weighted by molar-refractivity contribution is 6.16. The van der Waals surface area contributed by atoms with Crippen molar-refractivity contribution in [3.05, 3.63) is 66.5 Å². The largest absolute Gasteiger partial charge is 0.454 e. The van der Waals surface area contributed by atoms with Gasteiger partial charge in [-0.25, -0.2) is 0 Å². The maximum atomic E-state index is 6.17. The first-order valence-corrected chi connectivity index (χ1v) is 7.40. The van der Waals surface area contributed by atoms with Gasteiger partial charge in [0.15, 0.2) is 5.58 Å². The lowest BCUT2D eigenvalue weighted by Crippen LogP contribution is -1.86. The first-order chi connectivity index (χ1) is 10.7. The number of furan rings is 1. The molecule has 2 aromatic carbocycles. The number of allylic oxidation sites excluding steroid dienone is 2. The average Bonchev–Trinajstić information content (AvgIpc) is 3.02. The van der Waals surface area contributed by atoms with Gasteiger partial charge in [0.25, 0.3) is 0 Å². The summed E-state index contributed by atoms with van der Waals surface area (Å²) in [6.45, 7) is 5.82. The molecule has 0 N–H and O–H groups in total. The molecule has 0 aliphatic carbocycles. The SMILES string of the molecule is C=C/C=C\c1oc2c(ccc3c4ccccc4n(C)c32)c1C. The lowest BCUT2D eigenvalue weighted by atomic mass is 10.1. The third-order valence-corrected chi connectivity index (χ3v) is 4.39. The summed E-state index contributed by atoms with van der Waals surface area (Å²) in [4.78, 5) is 0. The van der Waals surface area contributed by atoms with Crippen LogP contribution in [-0.4, -0.2) is 4.57 Å². The van der Waals surface area contributed by atoms with Crippen molar-refractivity contribution in [2.75, 3.05) is 0 Å². The topological polar surface area (TPSA) is 18.1 Å². The monoisotopic (exact) mass is 287 g/mol. The lowest BCUT2D eigenvalue weighted by molar-refractivity contribution is 0.602. The van der Waals surface area contributed by atoms with Gasteiger partial charge in [-0.2, -0.15) is 0 Å². The Bertz CT molecular complexity index is 1060. The molecule has 2 heteroatoms. The van der Waals surface area contributed by atoms with Crippen molar-refractivity contribution in [1.82, 2.24) is 4.57 Å². The van der Waals surface area contributed by atoms with Crippen LogP contribution in [0.3, 0.4) is 0 Å². The Morgan fingerprint density at radius 2 is 1.82 bits per heavy atom. The number of nitrogens with zero attached hydrogens (tertiary/aromatic N) is 1. The normalized spacial score (nSPS) is 12.1. The lowest BCUT2D eigenvalue weighted by Gasteiger charge is -1.98. The van der Waals surface area contributed by atoms with Crippen molar-refractivity contribution < 1.29 is 4.42 Å². The van der Waals surface area contributed by atoms with Gasteiger partial charge in [-0.1, -0.05) is 49.1 Å². The standard InChI is InChI=1S/C20H17NO/c1-4-5-10-18-13(2)14-11-12-16-15-8-6-7-9-17(15)21(3)19(16)20(14)22-18/h4-12H,1H2,2-3H3/b10-5-. The summed E-state index contributed by atoms with van der Waals surface area (Å²) in [6, 6.07) is 12.8. The molecule has 0 bridgehead atoms. The minimum atomic E-state index is 0.896. The summed E-state index contributed by atoms with van der Waals surface area (Å²) >= 11 is 0. The van der Waals surface area contributed by atoms with Gasteiger partial charge < -0.3 is 8.98 Å². The Kier molecular flexibility index (Phi) is 2.73. The van der Waals surface area contributed by atoms with Crippen LogP contribution in [0.5, 0.6) is 0 Å². The van der Waals surface area contributed by atoms with Crippen LogP contribution < -0.4 is 0 Å². The van der Waals surface area contributed by atoms with E-state index in [-0.39, 0.29) is 0 Å². The van der Waals surface area contributed by atoms with Crippen LogP contribution in [0.1, 0.15) is 11.3 Å². The molecular formula is C20H17NO. The molecule has 0 unspecified atom stereocenters. The fourth-order valence-corrected chi connectivity index (χ4v) is 3.27. The predicted octanol–water partition coefficient (Wildman–Crippen LogP) is 5.59. The molecule has 22 heavy (non-hydrogen) atoms. The van der Waals surface area contributed by atoms with Crippen LogP contribution in [0.15, 0.2) is 59.5 Å². The molecule has 2 heterocycles. The highest BCUT2D eigenvalue weighted by Gasteiger charge is 2.16. The molecule has 0 amide bonds. The quantitative estimate of drug-likeness (QED) is 0.440. The molecule has 0 aliphatic heterocycles. The van der Waals surface area contributed by atoms with E-state index in [9.17, 15) is 0 Å². The molecule has 0 saturated heterocycles. The van der Waals surface area contributed by atoms with Gasteiger partial charge in [-0.3, -0.25) is 0 Å². The van der Waals surface area contributed by atoms with E-state index in [1.54, 1.807) is 6.08 Å². The highest BCUT2D eigenvalue weighted by Crippen LogP contribution is 2.36. The Balaban J connectivity index is 2.19. The van der Waals surface area contributed by atoms with Crippen LogP contribution in [0.25, 0.3) is 38.9 Å². The number of hydrogen-bond acceptors (Lipinski definition) is 1. The van der Waals surface area contributed by atoms with Crippen LogP contribution >= 0.6 is 0 Å². The van der Waals surface area contributed by atoms with Crippen molar-refractivity contribution >= 4 is 38.9 Å². The molecule has 2 aromatic heterocycles. The van der Waals surface area contributed by atoms with Crippen LogP contribution in [0.4, 0.5) is 0 Å². The molecule has 4 aromatic rings. The minimum absolute atomic E-state index is 0.896. The molecule has 4 rings (SSSR count). The second-order valence-corrected chi connectivity index (χ2v) is 5.60. The summed E-state index contributed by atoms with van der Waals surface area (Å²) < 4.78 is 8.39. The van der Waals surface area contributed by atoms with Gasteiger partial charge in [0, 0.05) is 34.3 Å². The van der Waals surface area contributed by atoms with Crippen molar-refractivity contribution in [2.45, 2.75) is 6.92 Å². The third kappa shape index (κ3) is 1.61. The first-order valence-electron chi connectivity index (χ1n) is 7.40. The number of fused-ring (bicyclic) bond motifs is 5. The smallest absolute Gasteiger partial charge is 0.159 e. The van der Waals surface area contributed by atoms with Crippen LogP contribution in [-0.2, 0) is 7.05 Å². The highest BCUT2D eigenvalue weighted by atomic mass is 16.3. The van der Waals surface area contributed by atoms with Gasteiger partial charge in [0.05, 0.1) is 5.52 Å². The maximum Gasteiger partial charge on any atom is 0.159 e. The van der Waals surface area contributed by atoms with Gasteiger partial charge >= 0.3 is 0 Å². The maximum absolute atomic E-state index is 6.17. The summed E-state index contributed by atoms with van der Waals surface area (Å²) in [7, 11) is 2.10. The van der Waals surface area contributed by atoms with Gasteiger partial charge in [0.2, 0.25) is 0 Å². The Morgan fingerprint density at radius 1 is 1.05 bits per heavy atom.